The Labute approximate surface area is 117 Å². The molecule has 3 rings (SSSR count). The molecule has 0 spiro atoms. The quantitative estimate of drug-likeness (QED) is 0.565. The zero-order valence-corrected chi connectivity index (χ0v) is 11.4. The Morgan fingerprint density at radius 2 is 2.40 bits per heavy atom. The second-order valence-electron chi connectivity index (χ2n) is 4.98. The molecule has 3 heterocycles. The van der Waals surface area contributed by atoms with Crippen LogP contribution < -0.4 is 16.6 Å². The minimum Gasteiger partial charge on any atom is -0.378 e. The van der Waals surface area contributed by atoms with E-state index in [1.165, 1.54) is 12.8 Å². The number of nitrogen functional groups attached to an aromatic ring is 1. The number of fused-ring (bicyclic) bond motifs is 1. The fraction of sp³-hybridized carbons (Fsp3) is 0.538. The van der Waals surface area contributed by atoms with Crippen LogP contribution in [-0.4, -0.2) is 33.6 Å². The van der Waals surface area contributed by atoms with Crippen molar-refractivity contribution in [2.24, 2.45) is 5.84 Å². The Bertz CT molecular complexity index is 563. The number of hydrogen-bond donors (Lipinski definition) is 3. The molecule has 0 bridgehead atoms. The predicted molar refractivity (Wildman–Crippen MR) is 77.5 cm³/mol. The second kappa shape index (κ2) is 6.06. The smallest absolute Gasteiger partial charge is 0.180 e. The number of aromatic nitrogens is 3. The van der Waals surface area contributed by atoms with Gasteiger partial charge < -0.3 is 19.9 Å². The summed E-state index contributed by atoms with van der Waals surface area (Å²) < 4.78 is 7.61. The van der Waals surface area contributed by atoms with Gasteiger partial charge in [-0.15, -0.1) is 0 Å². The largest absolute Gasteiger partial charge is 0.378 e. The third kappa shape index (κ3) is 2.83. The van der Waals surface area contributed by atoms with E-state index in [9.17, 15) is 0 Å². The molecule has 0 aromatic carbocycles. The molecule has 0 saturated carbocycles. The van der Waals surface area contributed by atoms with Crippen molar-refractivity contribution in [1.82, 2.24) is 14.4 Å². The van der Waals surface area contributed by atoms with Gasteiger partial charge in [-0.25, -0.2) is 15.8 Å². The van der Waals surface area contributed by atoms with Crippen LogP contribution in [0.2, 0.25) is 0 Å². The average molecular weight is 276 g/mol. The molecule has 1 aliphatic heterocycles. The maximum atomic E-state index is 5.72. The Kier molecular flexibility index (Phi) is 3.98. The van der Waals surface area contributed by atoms with Crippen LogP contribution in [0.4, 0.5) is 11.6 Å². The molecule has 0 aliphatic carbocycles. The fourth-order valence-corrected chi connectivity index (χ4v) is 2.51. The van der Waals surface area contributed by atoms with Crippen LogP contribution in [0.15, 0.2) is 18.6 Å². The van der Waals surface area contributed by atoms with Crippen molar-refractivity contribution < 1.29 is 4.74 Å². The van der Waals surface area contributed by atoms with Gasteiger partial charge in [-0.1, -0.05) is 0 Å². The van der Waals surface area contributed by atoms with E-state index in [2.05, 4.69) is 20.7 Å². The predicted octanol–water partition coefficient (Wildman–Crippen LogP) is 1.39. The Balaban J connectivity index is 1.65. The fourth-order valence-electron chi connectivity index (χ4n) is 2.51. The van der Waals surface area contributed by atoms with Gasteiger partial charge in [-0.3, -0.25) is 0 Å². The second-order valence-corrected chi connectivity index (χ2v) is 4.98. The first-order valence-corrected chi connectivity index (χ1v) is 7.02. The van der Waals surface area contributed by atoms with Crippen LogP contribution in [0, 0.1) is 0 Å². The number of anilines is 2. The first kappa shape index (κ1) is 13.1. The molecular weight excluding hydrogens is 256 g/mol. The molecule has 7 heteroatoms. The van der Waals surface area contributed by atoms with Crippen LogP contribution in [0.5, 0.6) is 0 Å². The normalized spacial score (nSPS) is 19.1. The Morgan fingerprint density at radius 3 is 3.20 bits per heavy atom. The number of hydrogen-bond acceptors (Lipinski definition) is 6. The molecule has 2 aromatic heterocycles. The van der Waals surface area contributed by atoms with Gasteiger partial charge in [0.1, 0.15) is 0 Å². The number of nitrogens with two attached hydrogens (primary N) is 1. The van der Waals surface area contributed by atoms with Crippen molar-refractivity contribution in [3.8, 4) is 0 Å². The van der Waals surface area contributed by atoms with Crippen molar-refractivity contribution in [1.29, 1.82) is 0 Å². The lowest BCUT2D eigenvalue weighted by atomic mass is 10.1. The molecule has 1 aliphatic rings. The van der Waals surface area contributed by atoms with Gasteiger partial charge in [0.15, 0.2) is 17.3 Å². The molecule has 1 saturated heterocycles. The van der Waals surface area contributed by atoms with Crippen molar-refractivity contribution in [3.63, 3.8) is 0 Å². The van der Waals surface area contributed by atoms with Crippen molar-refractivity contribution in [2.75, 3.05) is 23.9 Å². The summed E-state index contributed by atoms with van der Waals surface area (Å²) in [5.41, 5.74) is 3.36. The summed E-state index contributed by atoms with van der Waals surface area (Å²) in [6, 6.07) is 0. The third-order valence-electron chi connectivity index (χ3n) is 3.55. The highest BCUT2D eigenvalue weighted by atomic mass is 16.5. The van der Waals surface area contributed by atoms with E-state index in [0.717, 1.165) is 37.5 Å². The average Bonchev–Trinajstić information content (AvgIpc) is 2.96. The van der Waals surface area contributed by atoms with Gasteiger partial charge in [0, 0.05) is 25.5 Å². The summed E-state index contributed by atoms with van der Waals surface area (Å²) in [6.07, 6.45) is 10.4. The van der Waals surface area contributed by atoms with E-state index in [1.54, 1.807) is 12.4 Å². The summed E-state index contributed by atoms with van der Waals surface area (Å²) in [5.74, 6) is 6.77. The number of hydrazine groups is 1. The Morgan fingerprint density at radius 1 is 1.45 bits per heavy atom. The SMILES string of the molecule is NNc1cn2ccnc2c(NCCC2CCCCO2)n1. The molecule has 0 amide bonds. The number of ether oxygens (including phenoxy) is 1. The first-order chi connectivity index (χ1) is 9.86. The van der Waals surface area contributed by atoms with Crippen molar-refractivity contribution >= 4 is 17.3 Å². The van der Waals surface area contributed by atoms with Crippen LogP contribution in [0.25, 0.3) is 5.65 Å². The topological polar surface area (TPSA) is 89.5 Å². The molecule has 1 atom stereocenters. The van der Waals surface area contributed by atoms with E-state index in [-0.39, 0.29) is 0 Å². The number of nitrogens with one attached hydrogen (secondary N) is 2. The highest BCUT2D eigenvalue weighted by Crippen LogP contribution is 2.18. The van der Waals surface area contributed by atoms with Crippen LogP contribution in [-0.2, 0) is 4.74 Å². The van der Waals surface area contributed by atoms with Gasteiger partial charge in [0.2, 0.25) is 0 Å². The van der Waals surface area contributed by atoms with Gasteiger partial charge in [0.25, 0.3) is 0 Å². The molecule has 1 fully saturated rings. The van der Waals surface area contributed by atoms with Crippen LogP contribution in [0.1, 0.15) is 25.7 Å². The van der Waals surface area contributed by atoms with E-state index in [4.69, 9.17) is 10.6 Å². The zero-order valence-electron chi connectivity index (χ0n) is 11.4. The highest BCUT2D eigenvalue weighted by molar-refractivity contribution is 5.65. The molecule has 20 heavy (non-hydrogen) atoms. The molecule has 1 unspecified atom stereocenters. The number of nitrogens with zero attached hydrogens (tertiary/aromatic N) is 3. The molecule has 108 valence electrons. The molecule has 7 nitrogen and oxygen atoms in total. The van der Waals surface area contributed by atoms with Crippen molar-refractivity contribution in [3.05, 3.63) is 18.6 Å². The standard InChI is InChI=1S/C13H20N6O/c14-18-11-9-19-7-6-16-13(19)12(17-11)15-5-4-10-3-1-2-8-20-10/h6-7,9-10,18H,1-5,8,14H2,(H,15,17). The van der Waals surface area contributed by atoms with Gasteiger partial charge >= 0.3 is 0 Å². The van der Waals surface area contributed by atoms with E-state index < -0.39 is 0 Å². The Hall–Kier alpha value is -1.86. The maximum Gasteiger partial charge on any atom is 0.180 e. The summed E-state index contributed by atoms with van der Waals surface area (Å²) in [4.78, 5) is 8.70. The maximum absolute atomic E-state index is 5.72. The minimum absolute atomic E-state index is 0.364. The van der Waals surface area contributed by atoms with E-state index in [1.807, 2.05) is 10.6 Å². The van der Waals surface area contributed by atoms with Gasteiger partial charge in [-0.2, -0.15) is 0 Å². The summed E-state index contributed by atoms with van der Waals surface area (Å²) >= 11 is 0. The lowest BCUT2D eigenvalue weighted by Gasteiger charge is -2.22. The number of imidazole rings is 1. The highest BCUT2D eigenvalue weighted by Gasteiger charge is 2.14. The van der Waals surface area contributed by atoms with E-state index in [0.29, 0.717) is 11.9 Å². The molecule has 2 aromatic rings. The van der Waals surface area contributed by atoms with Crippen LogP contribution in [0.3, 0.4) is 0 Å². The molecule has 4 N–H and O–H groups in total. The van der Waals surface area contributed by atoms with Gasteiger partial charge in [-0.05, 0) is 25.7 Å². The minimum atomic E-state index is 0.364. The number of rotatable bonds is 5. The van der Waals surface area contributed by atoms with Gasteiger partial charge in [0.05, 0.1) is 12.3 Å². The summed E-state index contributed by atoms with van der Waals surface area (Å²) in [5, 5.41) is 3.33. The van der Waals surface area contributed by atoms with Crippen molar-refractivity contribution in [2.45, 2.75) is 31.8 Å². The third-order valence-corrected chi connectivity index (χ3v) is 3.55. The lowest BCUT2D eigenvalue weighted by Crippen LogP contribution is -2.22. The summed E-state index contributed by atoms with van der Waals surface area (Å²) in [6.45, 7) is 1.70. The summed E-state index contributed by atoms with van der Waals surface area (Å²) in [7, 11) is 0. The van der Waals surface area contributed by atoms with E-state index >= 15 is 0 Å². The lowest BCUT2D eigenvalue weighted by molar-refractivity contribution is 0.0134. The molecular formula is C13H20N6O. The zero-order chi connectivity index (χ0) is 13.8. The van der Waals surface area contributed by atoms with Crippen LogP contribution >= 0.6 is 0 Å². The first-order valence-electron chi connectivity index (χ1n) is 7.02. The molecule has 0 radical (unpaired) electrons. The monoisotopic (exact) mass is 276 g/mol.